The third-order valence-corrected chi connectivity index (χ3v) is 3.25. The fraction of sp³-hybridized carbons (Fsp3) is 0.833. The van der Waals surface area contributed by atoms with E-state index in [9.17, 15) is 9.59 Å². The summed E-state index contributed by atoms with van der Waals surface area (Å²) in [6, 6.07) is -0.318. The number of aliphatic carboxylic acids is 1. The van der Waals surface area contributed by atoms with Gasteiger partial charge in [-0.1, -0.05) is 12.8 Å². The van der Waals surface area contributed by atoms with Crippen LogP contribution in [0.5, 0.6) is 0 Å². The second kappa shape index (κ2) is 12.1. The first-order chi connectivity index (χ1) is 9.07. The minimum atomic E-state index is -1.42. The average Bonchev–Trinajstić information content (AvgIpc) is 2.37. The molecule has 0 fully saturated rings. The fourth-order valence-corrected chi connectivity index (χ4v) is 1.93. The quantitative estimate of drug-likeness (QED) is 0.427. The highest BCUT2D eigenvalue weighted by molar-refractivity contribution is 7.98. The molecule has 0 aliphatic heterocycles. The minimum absolute atomic E-state index is 0.0113. The number of nitrogens with one attached hydrogen (secondary N) is 2. The Morgan fingerprint density at radius 3 is 2.37 bits per heavy atom. The Morgan fingerprint density at radius 1 is 1.11 bits per heavy atom. The highest BCUT2D eigenvalue weighted by Crippen LogP contribution is 2.03. The zero-order valence-electron chi connectivity index (χ0n) is 11.4. The van der Waals surface area contributed by atoms with E-state index in [0.29, 0.717) is 6.54 Å². The van der Waals surface area contributed by atoms with Crippen LogP contribution in [-0.4, -0.2) is 53.4 Å². The molecule has 0 unspecified atom stereocenters. The summed E-state index contributed by atoms with van der Waals surface area (Å²) < 4.78 is 0. The molecule has 0 aliphatic carbocycles. The lowest BCUT2D eigenvalue weighted by molar-refractivity contribution is -0.146. The number of hydrogen-bond acceptors (Lipinski definition) is 4. The average molecular weight is 292 g/mol. The molecule has 0 spiro atoms. The molecule has 7 heteroatoms. The van der Waals surface area contributed by atoms with Crippen molar-refractivity contribution in [1.29, 1.82) is 0 Å². The predicted octanol–water partition coefficient (Wildman–Crippen LogP) is 1.04. The Bertz CT molecular complexity index is 264. The Balaban J connectivity index is 3.33. The molecule has 0 bridgehead atoms. The van der Waals surface area contributed by atoms with Crippen molar-refractivity contribution in [2.75, 3.05) is 25.1 Å². The predicted molar refractivity (Wildman–Crippen MR) is 76.5 cm³/mol. The summed E-state index contributed by atoms with van der Waals surface area (Å²) in [5.74, 6) is -0.0905. The first kappa shape index (κ1) is 18.0. The lowest BCUT2D eigenvalue weighted by Gasteiger charge is -2.08. The molecule has 0 saturated heterocycles. The molecule has 0 aromatic heterocycles. The van der Waals surface area contributed by atoms with Crippen LogP contribution in [0.25, 0.3) is 0 Å². The van der Waals surface area contributed by atoms with E-state index >= 15 is 0 Å². The SMILES string of the molecule is CSCCCCCCNC(=O)NCC[C@H](O)C(=O)O. The van der Waals surface area contributed by atoms with Gasteiger partial charge in [-0.3, -0.25) is 0 Å². The van der Waals surface area contributed by atoms with Gasteiger partial charge in [-0.25, -0.2) is 9.59 Å². The van der Waals surface area contributed by atoms with Crippen molar-refractivity contribution >= 4 is 23.8 Å². The van der Waals surface area contributed by atoms with Crippen LogP contribution < -0.4 is 10.6 Å². The highest BCUT2D eigenvalue weighted by atomic mass is 32.2. The number of thioether (sulfide) groups is 1. The second-order valence-electron chi connectivity index (χ2n) is 4.23. The van der Waals surface area contributed by atoms with Crippen LogP contribution in [0.1, 0.15) is 32.1 Å². The van der Waals surface area contributed by atoms with Crippen molar-refractivity contribution in [3.8, 4) is 0 Å². The minimum Gasteiger partial charge on any atom is -0.479 e. The largest absolute Gasteiger partial charge is 0.479 e. The number of hydrogen-bond donors (Lipinski definition) is 4. The molecule has 0 saturated carbocycles. The molecule has 112 valence electrons. The van der Waals surface area contributed by atoms with E-state index in [4.69, 9.17) is 10.2 Å². The molecule has 6 nitrogen and oxygen atoms in total. The summed E-state index contributed by atoms with van der Waals surface area (Å²) in [5.41, 5.74) is 0. The highest BCUT2D eigenvalue weighted by Gasteiger charge is 2.12. The van der Waals surface area contributed by atoms with Gasteiger partial charge in [0.05, 0.1) is 0 Å². The Kier molecular flexibility index (Phi) is 11.5. The third-order valence-electron chi connectivity index (χ3n) is 2.55. The molecule has 0 rings (SSSR count). The van der Waals surface area contributed by atoms with Crippen LogP contribution in [0.2, 0.25) is 0 Å². The lowest BCUT2D eigenvalue weighted by atomic mass is 10.2. The molecule has 19 heavy (non-hydrogen) atoms. The number of aliphatic hydroxyl groups is 1. The number of carboxylic acid groups (broad SMARTS) is 1. The van der Waals surface area contributed by atoms with E-state index in [1.54, 1.807) is 0 Å². The number of carbonyl (C=O) groups is 2. The summed E-state index contributed by atoms with van der Waals surface area (Å²) >= 11 is 1.84. The molecule has 0 aromatic carbocycles. The summed E-state index contributed by atoms with van der Waals surface area (Å²) in [6.07, 6.45) is 5.11. The number of amides is 2. The van der Waals surface area contributed by atoms with Gasteiger partial charge in [0.2, 0.25) is 0 Å². The maximum atomic E-state index is 11.3. The van der Waals surface area contributed by atoms with Gasteiger partial charge in [0.15, 0.2) is 6.10 Å². The Hall–Kier alpha value is -0.950. The van der Waals surface area contributed by atoms with Crippen molar-refractivity contribution in [2.45, 2.75) is 38.2 Å². The van der Waals surface area contributed by atoms with Crippen molar-refractivity contribution in [1.82, 2.24) is 10.6 Å². The molecular weight excluding hydrogens is 268 g/mol. The van der Waals surface area contributed by atoms with E-state index in [1.807, 2.05) is 11.8 Å². The lowest BCUT2D eigenvalue weighted by Crippen LogP contribution is -2.38. The standard InChI is InChI=1S/C12H24N2O4S/c1-19-9-5-3-2-4-7-13-12(18)14-8-6-10(15)11(16)17/h10,15H,2-9H2,1H3,(H,16,17)(H2,13,14,18)/t10-/m0/s1. The molecule has 1 atom stereocenters. The van der Waals surface area contributed by atoms with E-state index in [0.717, 1.165) is 12.8 Å². The first-order valence-electron chi connectivity index (χ1n) is 6.49. The first-order valence-corrected chi connectivity index (χ1v) is 7.88. The molecule has 0 aliphatic rings. The fourth-order valence-electron chi connectivity index (χ4n) is 1.44. The van der Waals surface area contributed by atoms with Crippen molar-refractivity contribution in [3.05, 3.63) is 0 Å². The van der Waals surface area contributed by atoms with Gasteiger partial charge >= 0.3 is 12.0 Å². The van der Waals surface area contributed by atoms with Crippen molar-refractivity contribution in [2.24, 2.45) is 0 Å². The summed E-state index contributed by atoms with van der Waals surface area (Å²) in [5, 5.41) is 22.6. The Morgan fingerprint density at radius 2 is 1.74 bits per heavy atom. The van der Waals surface area contributed by atoms with Crippen LogP contribution >= 0.6 is 11.8 Å². The molecule has 0 heterocycles. The van der Waals surface area contributed by atoms with Gasteiger partial charge in [-0.05, 0) is 24.9 Å². The van der Waals surface area contributed by atoms with Crippen molar-refractivity contribution in [3.63, 3.8) is 0 Å². The molecule has 4 N–H and O–H groups in total. The van der Waals surface area contributed by atoms with E-state index in [2.05, 4.69) is 16.9 Å². The van der Waals surface area contributed by atoms with Gasteiger partial charge < -0.3 is 20.8 Å². The van der Waals surface area contributed by atoms with Crippen LogP contribution in [0.3, 0.4) is 0 Å². The van der Waals surface area contributed by atoms with E-state index < -0.39 is 12.1 Å². The Labute approximate surface area is 118 Å². The normalized spacial score (nSPS) is 11.9. The molecule has 0 radical (unpaired) electrons. The maximum Gasteiger partial charge on any atom is 0.332 e. The second-order valence-corrected chi connectivity index (χ2v) is 5.22. The van der Waals surface area contributed by atoms with Gasteiger partial charge in [0, 0.05) is 19.5 Å². The third kappa shape index (κ3) is 11.9. The zero-order valence-corrected chi connectivity index (χ0v) is 12.2. The van der Waals surface area contributed by atoms with Crippen LogP contribution in [0, 0.1) is 0 Å². The topological polar surface area (TPSA) is 98.7 Å². The smallest absolute Gasteiger partial charge is 0.332 e. The molecule has 2 amide bonds. The van der Waals surface area contributed by atoms with Gasteiger partial charge in [-0.2, -0.15) is 11.8 Å². The number of rotatable bonds is 11. The molecule has 0 aromatic rings. The summed E-state index contributed by atoms with van der Waals surface area (Å²) in [6.45, 7) is 0.764. The number of aliphatic hydroxyl groups excluding tert-OH is 1. The monoisotopic (exact) mass is 292 g/mol. The van der Waals surface area contributed by atoms with E-state index in [1.165, 1.54) is 18.6 Å². The van der Waals surface area contributed by atoms with Crippen LogP contribution in [-0.2, 0) is 4.79 Å². The van der Waals surface area contributed by atoms with Gasteiger partial charge in [0.25, 0.3) is 0 Å². The number of unbranched alkanes of at least 4 members (excludes halogenated alkanes) is 3. The molecular formula is C12H24N2O4S. The maximum absolute atomic E-state index is 11.3. The number of urea groups is 1. The number of carbonyl (C=O) groups excluding carboxylic acids is 1. The van der Waals surface area contributed by atoms with E-state index in [-0.39, 0.29) is 19.0 Å². The number of carboxylic acids is 1. The van der Waals surface area contributed by atoms with Gasteiger partial charge in [0.1, 0.15) is 0 Å². The van der Waals surface area contributed by atoms with Crippen molar-refractivity contribution < 1.29 is 19.8 Å². The van der Waals surface area contributed by atoms with Crippen LogP contribution in [0.4, 0.5) is 4.79 Å². The summed E-state index contributed by atoms with van der Waals surface area (Å²) in [7, 11) is 0. The summed E-state index contributed by atoms with van der Waals surface area (Å²) in [4.78, 5) is 21.6. The van der Waals surface area contributed by atoms with Gasteiger partial charge in [-0.15, -0.1) is 0 Å². The van der Waals surface area contributed by atoms with Crippen LogP contribution in [0.15, 0.2) is 0 Å². The zero-order chi connectivity index (χ0) is 14.5.